The lowest BCUT2D eigenvalue weighted by molar-refractivity contribution is -0.0122. The third-order valence-electron chi connectivity index (χ3n) is 4.98. The molecule has 1 fully saturated rings. The van der Waals surface area contributed by atoms with Crippen molar-refractivity contribution >= 4 is 11.9 Å². The van der Waals surface area contributed by atoms with Gasteiger partial charge in [0.1, 0.15) is 0 Å². The molecule has 1 heterocycles. The van der Waals surface area contributed by atoms with Gasteiger partial charge in [-0.15, -0.1) is 0 Å². The van der Waals surface area contributed by atoms with Crippen LogP contribution >= 0.6 is 0 Å². The summed E-state index contributed by atoms with van der Waals surface area (Å²) in [6, 6.07) is 14.0. The van der Waals surface area contributed by atoms with Crippen LogP contribution in [0.4, 0.5) is 0 Å². The van der Waals surface area contributed by atoms with Gasteiger partial charge < -0.3 is 19.5 Å². The maximum Gasteiger partial charge on any atom is 0.336 e. The number of carboxylic acids is 1. The van der Waals surface area contributed by atoms with Gasteiger partial charge in [-0.3, -0.25) is 4.79 Å². The molecule has 0 aromatic heterocycles. The predicted molar refractivity (Wildman–Crippen MR) is 106 cm³/mol. The maximum absolute atomic E-state index is 13.2. The first kappa shape index (κ1) is 20.0. The fraction of sp³-hybridized carbons (Fsp3) is 0.364. The van der Waals surface area contributed by atoms with Crippen molar-refractivity contribution in [3.63, 3.8) is 0 Å². The van der Waals surface area contributed by atoms with Crippen LogP contribution in [0.5, 0.6) is 0 Å². The molecule has 0 saturated carbocycles. The molecule has 28 heavy (non-hydrogen) atoms. The van der Waals surface area contributed by atoms with Crippen molar-refractivity contribution in [2.45, 2.75) is 18.9 Å². The molecule has 2 aromatic carbocycles. The topological polar surface area (TPSA) is 76.1 Å². The number of carboxylic acid groups (broad SMARTS) is 1. The van der Waals surface area contributed by atoms with E-state index in [0.29, 0.717) is 43.0 Å². The number of hydrogen-bond donors (Lipinski definition) is 1. The standard InChI is InChI=1S/C22H25NO5/c1-27-14-15-28-16-10-12-23(13-11-16)21(24)19-8-4-2-6-17(19)18-7-3-5-9-20(18)22(25)26/h2-9,16H,10-15H2,1H3,(H,25,26). The molecule has 0 bridgehead atoms. The van der Waals surface area contributed by atoms with Crippen molar-refractivity contribution in [1.82, 2.24) is 4.90 Å². The summed E-state index contributed by atoms with van der Waals surface area (Å²) < 4.78 is 10.8. The molecule has 1 aliphatic rings. The van der Waals surface area contributed by atoms with Crippen LogP contribution in [0.25, 0.3) is 11.1 Å². The Morgan fingerprint density at radius 1 is 0.964 bits per heavy atom. The third kappa shape index (κ3) is 4.58. The van der Waals surface area contributed by atoms with Crippen molar-refractivity contribution in [2.24, 2.45) is 0 Å². The van der Waals surface area contributed by atoms with E-state index in [1.807, 2.05) is 11.0 Å². The molecule has 3 rings (SSSR count). The van der Waals surface area contributed by atoms with Crippen molar-refractivity contribution < 1.29 is 24.2 Å². The summed E-state index contributed by atoms with van der Waals surface area (Å²) >= 11 is 0. The Kier molecular flexibility index (Phi) is 6.79. The molecule has 148 valence electrons. The van der Waals surface area contributed by atoms with Crippen LogP contribution in [-0.2, 0) is 9.47 Å². The number of rotatable bonds is 7. The van der Waals surface area contributed by atoms with Crippen molar-refractivity contribution in [2.75, 3.05) is 33.4 Å². The summed E-state index contributed by atoms with van der Waals surface area (Å²) in [6.45, 7) is 2.36. The number of carbonyl (C=O) groups is 2. The average molecular weight is 383 g/mol. The van der Waals surface area contributed by atoms with E-state index in [4.69, 9.17) is 9.47 Å². The van der Waals surface area contributed by atoms with E-state index in [1.165, 1.54) is 0 Å². The Morgan fingerprint density at radius 2 is 1.54 bits per heavy atom. The number of ether oxygens (including phenoxy) is 2. The molecule has 0 unspecified atom stereocenters. The van der Waals surface area contributed by atoms with Gasteiger partial charge >= 0.3 is 5.97 Å². The maximum atomic E-state index is 13.2. The molecule has 6 nitrogen and oxygen atoms in total. The number of carbonyl (C=O) groups excluding carboxylic acids is 1. The fourth-order valence-corrected chi connectivity index (χ4v) is 3.50. The quantitative estimate of drug-likeness (QED) is 0.743. The smallest absolute Gasteiger partial charge is 0.336 e. The highest BCUT2D eigenvalue weighted by molar-refractivity contribution is 6.04. The Balaban J connectivity index is 1.77. The number of piperidine rings is 1. The summed E-state index contributed by atoms with van der Waals surface area (Å²) in [5, 5.41) is 9.50. The van der Waals surface area contributed by atoms with E-state index in [0.717, 1.165) is 12.8 Å². The van der Waals surface area contributed by atoms with Gasteiger partial charge in [0, 0.05) is 25.8 Å². The number of amides is 1. The van der Waals surface area contributed by atoms with Gasteiger partial charge in [-0.1, -0.05) is 36.4 Å². The Hall–Kier alpha value is -2.70. The molecule has 1 amide bonds. The number of methoxy groups -OCH3 is 1. The molecular weight excluding hydrogens is 358 g/mol. The first-order valence-corrected chi connectivity index (χ1v) is 9.43. The van der Waals surface area contributed by atoms with E-state index in [1.54, 1.807) is 49.6 Å². The first-order chi connectivity index (χ1) is 13.6. The summed E-state index contributed by atoms with van der Waals surface area (Å²) in [6.07, 6.45) is 1.70. The van der Waals surface area contributed by atoms with Gasteiger partial charge in [-0.2, -0.15) is 0 Å². The van der Waals surface area contributed by atoms with E-state index < -0.39 is 5.97 Å². The molecule has 1 saturated heterocycles. The monoisotopic (exact) mass is 383 g/mol. The summed E-state index contributed by atoms with van der Waals surface area (Å²) in [7, 11) is 1.64. The molecule has 0 aliphatic carbocycles. The number of hydrogen-bond acceptors (Lipinski definition) is 4. The van der Waals surface area contributed by atoms with Crippen molar-refractivity contribution in [1.29, 1.82) is 0 Å². The average Bonchev–Trinajstić information content (AvgIpc) is 2.74. The molecule has 1 N–H and O–H groups in total. The van der Waals surface area contributed by atoms with Crippen LogP contribution in [-0.4, -0.2) is 61.4 Å². The van der Waals surface area contributed by atoms with E-state index in [9.17, 15) is 14.7 Å². The Labute approximate surface area is 164 Å². The molecule has 0 spiro atoms. The summed E-state index contributed by atoms with van der Waals surface area (Å²) in [4.78, 5) is 26.6. The van der Waals surface area contributed by atoms with Gasteiger partial charge in [-0.05, 0) is 36.1 Å². The van der Waals surface area contributed by atoms with Crippen molar-refractivity contribution in [3.05, 3.63) is 59.7 Å². The van der Waals surface area contributed by atoms with Crippen molar-refractivity contribution in [3.8, 4) is 11.1 Å². The lowest BCUT2D eigenvalue weighted by atomic mass is 9.94. The minimum absolute atomic E-state index is 0.0777. The van der Waals surface area contributed by atoms with Gasteiger partial charge in [0.15, 0.2) is 0 Å². The summed E-state index contributed by atoms with van der Waals surface area (Å²) in [5.41, 5.74) is 1.91. The third-order valence-corrected chi connectivity index (χ3v) is 4.98. The molecular formula is C22H25NO5. The first-order valence-electron chi connectivity index (χ1n) is 9.43. The zero-order chi connectivity index (χ0) is 19.9. The Morgan fingerprint density at radius 3 is 2.14 bits per heavy atom. The normalized spacial score (nSPS) is 14.8. The lowest BCUT2D eigenvalue weighted by Crippen LogP contribution is -2.41. The number of nitrogens with zero attached hydrogens (tertiary/aromatic N) is 1. The molecule has 0 atom stereocenters. The molecule has 6 heteroatoms. The minimum Gasteiger partial charge on any atom is -0.478 e. The Bertz CT molecular complexity index is 827. The fourth-order valence-electron chi connectivity index (χ4n) is 3.50. The van der Waals surface area contributed by atoms with E-state index in [2.05, 4.69) is 0 Å². The van der Waals surface area contributed by atoms with Crippen LogP contribution in [0.15, 0.2) is 48.5 Å². The molecule has 2 aromatic rings. The highest BCUT2D eigenvalue weighted by Crippen LogP contribution is 2.29. The largest absolute Gasteiger partial charge is 0.478 e. The zero-order valence-electron chi connectivity index (χ0n) is 16.0. The van der Waals surface area contributed by atoms with Gasteiger partial charge in [0.2, 0.25) is 0 Å². The van der Waals surface area contributed by atoms with Gasteiger partial charge in [-0.25, -0.2) is 4.79 Å². The second-order valence-corrected chi connectivity index (χ2v) is 6.75. The highest BCUT2D eigenvalue weighted by atomic mass is 16.5. The van der Waals surface area contributed by atoms with Gasteiger partial charge in [0.05, 0.1) is 24.9 Å². The van der Waals surface area contributed by atoms with Crippen LogP contribution in [0, 0.1) is 0 Å². The van der Waals surface area contributed by atoms with Crippen LogP contribution in [0.1, 0.15) is 33.6 Å². The second-order valence-electron chi connectivity index (χ2n) is 6.75. The molecule has 1 aliphatic heterocycles. The SMILES string of the molecule is COCCOC1CCN(C(=O)c2ccccc2-c2ccccc2C(=O)O)CC1. The zero-order valence-corrected chi connectivity index (χ0v) is 16.0. The molecule has 0 radical (unpaired) electrons. The van der Waals surface area contributed by atoms with Crippen LogP contribution in [0.2, 0.25) is 0 Å². The predicted octanol–water partition coefficient (Wildman–Crippen LogP) is 3.32. The number of aromatic carboxylic acids is 1. The second kappa shape index (κ2) is 9.48. The van der Waals surface area contributed by atoms with Crippen LogP contribution < -0.4 is 0 Å². The number of benzene rings is 2. The highest BCUT2D eigenvalue weighted by Gasteiger charge is 2.26. The van der Waals surface area contributed by atoms with Crippen LogP contribution in [0.3, 0.4) is 0 Å². The minimum atomic E-state index is -1.01. The van der Waals surface area contributed by atoms with E-state index >= 15 is 0 Å². The lowest BCUT2D eigenvalue weighted by Gasteiger charge is -2.32. The summed E-state index contributed by atoms with van der Waals surface area (Å²) in [5.74, 6) is -1.09. The number of likely N-dealkylation sites (tertiary alicyclic amines) is 1. The van der Waals surface area contributed by atoms with Gasteiger partial charge in [0.25, 0.3) is 5.91 Å². The van der Waals surface area contributed by atoms with E-state index in [-0.39, 0.29) is 17.6 Å².